The van der Waals surface area contributed by atoms with Crippen molar-refractivity contribution in [1.82, 2.24) is 20.0 Å². The van der Waals surface area contributed by atoms with Crippen LogP contribution < -0.4 is 10.1 Å². The number of likely N-dealkylation sites (tertiary alicyclic amines) is 1. The summed E-state index contributed by atoms with van der Waals surface area (Å²) in [7, 11) is 1.85. The van der Waals surface area contributed by atoms with Crippen LogP contribution in [0.15, 0.2) is 60.9 Å². The lowest BCUT2D eigenvalue weighted by atomic mass is 9.92. The fourth-order valence-electron chi connectivity index (χ4n) is 5.07. The first-order valence-corrected chi connectivity index (χ1v) is 13.9. The summed E-state index contributed by atoms with van der Waals surface area (Å²) in [5.41, 5.74) is 3.91. The number of aliphatic carboxylic acids is 1. The molecule has 0 unspecified atom stereocenters. The van der Waals surface area contributed by atoms with Crippen LogP contribution in [0.1, 0.15) is 43.7 Å². The van der Waals surface area contributed by atoms with E-state index in [1.54, 1.807) is 10.9 Å². The molecule has 0 spiro atoms. The Hall–Kier alpha value is -4.14. The minimum absolute atomic E-state index is 0.122. The van der Waals surface area contributed by atoms with Gasteiger partial charge in [0, 0.05) is 51.2 Å². The first kappa shape index (κ1) is 28.9. The fraction of sp³-hybridized carbons (Fsp3) is 0.419. The van der Waals surface area contributed by atoms with Crippen molar-refractivity contribution in [2.24, 2.45) is 13.0 Å². The topological polar surface area (TPSA) is 114 Å². The molecule has 3 aromatic rings. The third-order valence-electron chi connectivity index (χ3n) is 7.37. The number of benzene rings is 2. The number of amides is 2. The Morgan fingerprint density at radius 1 is 1.02 bits per heavy atom. The average Bonchev–Trinajstić information content (AvgIpc) is 3.39. The molecule has 1 saturated heterocycles. The summed E-state index contributed by atoms with van der Waals surface area (Å²) in [6.07, 6.45) is 6.75. The van der Waals surface area contributed by atoms with Gasteiger partial charge in [0.2, 0.25) is 11.8 Å². The summed E-state index contributed by atoms with van der Waals surface area (Å²) >= 11 is 0. The maximum Gasteiger partial charge on any atom is 0.326 e. The first-order chi connectivity index (χ1) is 19.3. The van der Waals surface area contributed by atoms with Gasteiger partial charge in [0.1, 0.15) is 11.8 Å². The zero-order valence-electron chi connectivity index (χ0n) is 23.2. The molecule has 2 heterocycles. The Morgan fingerprint density at radius 3 is 2.30 bits per heavy atom. The summed E-state index contributed by atoms with van der Waals surface area (Å²) < 4.78 is 7.19. The SMILES string of the molecule is CCOc1ccc(CCC(=O)N2CCC(CC(=O)N[C@@H](Cc3ccc(-c4cnn(C)c4)cc3)C(=O)O)CC2)cc1. The van der Waals surface area contributed by atoms with Gasteiger partial charge in [0.05, 0.1) is 12.8 Å². The Morgan fingerprint density at radius 2 is 1.70 bits per heavy atom. The molecule has 0 aliphatic carbocycles. The van der Waals surface area contributed by atoms with Crippen LogP contribution in [0.2, 0.25) is 0 Å². The molecule has 212 valence electrons. The predicted molar refractivity (Wildman–Crippen MR) is 152 cm³/mol. The number of carbonyl (C=O) groups is 3. The largest absolute Gasteiger partial charge is 0.494 e. The third kappa shape index (κ3) is 8.18. The van der Waals surface area contributed by atoms with E-state index in [1.807, 2.05) is 73.6 Å². The summed E-state index contributed by atoms with van der Waals surface area (Å²) in [6.45, 7) is 3.80. The van der Waals surface area contributed by atoms with Crippen LogP contribution in [0, 0.1) is 5.92 Å². The second-order valence-corrected chi connectivity index (χ2v) is 10.4. The van der Waals surface area contributed by atoms with E-state index in [0.29, 0.717) is 32.5 Å². The number of piperidine rings is 1. The molecule has 0 bridgehead atoms. The molecule has 0 saturated carbocycles. The number of aromatic nitrogens is 2. The van der Waals surface area contributed by atoms with E-state index in [1.165, 1.54) is 0 Å². The number of aryl methyl sites for hydroxylation is 2. The molecule has 1 fully saturated rings. The lowest BCUT2D eigenvalue weighted by Gasteiger charge is -2.32. The zero-order chi connectivity index (χ0) is 28.5. The molecule has 9 heteroatoms. The normalized spacial score (nSPS) is 14.5. The molecule has 4 rings (SSSR count). The summed E-state index contributed by atoms with van der Waals surface area (Å²) in [6, 6.07) is 14.5. The minimum Gasteiger partial charge on any atom is -0.494 e. The van der Waals surface area contributed by atoms with Gasteiger partial charge in [0.25, 0.3) is 0 Å². The molecule has 0 radical (unpaired) electrons. The highest BCUT2D eigenvalue weighted by atomic mass is 16.5. The molecule has 1 aliphatic rings. The molecular weight excluding hydrogens is 508 g/mol. The molecule has 9 nitrogen and oxygen atoms in total. The first-order valence-electron chi connectivity index (χ1n) is 13.9. The van der Waals surface area contributed by atoms with Crippen molar-refractivity contribution in [3.8, 4) is 16.9 Å². The summed E-state index contributed by atoms with van der Waals surface area (Å²) in [5, 5.41) is 16.6. The summed E-state index contributed by atoms with van der Waals surface area (Å²) in [4.78, 5) is 39.2. The second-order valence-electron chi connectivity index (χ2n) is 10.4. The number of nitrogens with zero attached hydrogens (tertiary/aromatic N) is 3. The van der Waals surface area contributed by atoms with Crippen LogP contribution in [-0.2, 0) is 34.3 Å². The van der Waals surface area contributed by atoms with Crippen molar-refractivity contribution < 1.29 is 24.2 Å². The van der Waals surface area contributed by atoms with Gasteiger partial charge in [0.15, 0.2) is 0 Å². The smallest absolute Gasteiger partial charge is 0.326 e. The van der Waals surface area contributed by atoms with Gasteiger partial charge in [-0.05, 0) is 60.9 Å². The number of nitrogens with one attached hydrogen (secondary N) is 1. The third-order valence-corrected chi connectivity index (χ3v) is 7.37. The average molecular weight is 547 g/mol. The lowest BCUT2D eigenvalue weighted by Crippen LogP contribution is -2.44. The monoisotopic (exact) mass is 546 g/mol. The van der Waals surface area contributed by atoms with Crippen molar-refractivity contribution in [3.05, 3.63) is 72.1 Å². The number of carboxylic acid groups (broad SMARTS) is 1. The van der Waals surface area contributed by atoms with E-state index in [-0.39, 0.29) is 30.6 Å². The van der Waals surface area contributed by atoms with E-state index >= 15 is 0 Å². The van der Waals surface area contributed by atoms with Crippen molar-refractivity contribution in [2.75, 3.05) is 19.7 Å². The summed E-state index contributed by atoms with van der Waals surface area (Å²) in [5.74, 6) is -0.244. The quantitative estimate of drug-likeness (QED) is 0.357. The highest BCUT2D eigenvalue weighted by molar-refractivity contribution is 5.84. The molecule has 40 heavy (non-hydrogen) atoms. The Balaban J connectivity index is 1.19. The zero-order valence-corrected chi connectivity index (χ0v) is 23.2. The number of hydrogen-bond acceptors (Lipinski definition) is 5. The van der Waals surface area contributed by atoms with E-state index in [2.05, 4.69) is 10.4 Å². The fourth-order valence-corrected chi connectivity index (χ4v) is 5.07. The van der Waals surface area contributed by atoms with Gasteiger partial charge < -0.3 is 20.1 Å². The number of ether oxygens (including phenoxy) is 1. The maximum absolute atomic E-state index is 12.7. The Bertz CT molecular complexity index is 1280. The van der Waals surface area contributed by atoms with Gasteiger partial charge in [-0.2, -0.15) is 5.10 Å². The number of carbonyl (C=O) groups excluding carboxylic acids is 2. The lowest BCUT2D eigenvalue weighted by molar-refractivity contribution is -0.142. The Labute approximate surface area is 235 Å². The highest BCUT2D eigenvalue weighted by Crippen LogP contribution is 2.23. The van der Waals surface area contributed by atoms with Crippen LogP contribution in [0.5, 0.6) is 5.75 Å². The molecule has 1 aromatic heterocycles. The van der Waals surface area contributed by atoms with Crippen LogP contribution in [0.3, 0.4) is 0 Å². The van der Waals surface area contributed by atoms with Crippen molar-refractivity contribution in [1.29, 1.82) is 0 Å². The standard InChI is InChI=1S/C31H38N4O5/c1-3-40-27-11-6-22(7-12-27)8-13-30(37)35-16-14-24(15-17-35)19-29(36)33-28(31(38)39)18-23-4-9-25(10-5-23)26-20-32-34(2)21-26/h4-7,9-12,20-21,24,28H,3,8,13-19H2,1-2H3,(H,33,36)(H,38,39)/t28-/m0/s1. The van der Waals surface area contributed by atoms with Crippen molar-refractivity contribution in [3.63, 3.8) is 0 Å². The van der Waals surface area contributed by atoms with Crippen LogP contribution in [0.4, 0.5) is 0 Å². The second kappa shape index (κ2) is 13.8. The molecule has 2 aromatic carbocycles. The van der Waals surface area contributed by atoms with Crippen LogP contribution >= 0.6 is 0 Å². The predicted octanol–water partition coefficient (Wildman–Crippen LogP) is 3.86. The van der Waals surface area contributed by atoms with Gasteiger partial charge in [-0.25, -0.2) is 4.79 Å². The van der Waals surface area contributed by atoms with E-state index in [0.717, 1.165) is 40.8 Å². The number of hydrogen-bond donors (Lipinski definition) is 2. The van der Waals surface area contributed by atoms with E-state index in [4.69, 9.17) is 4.74 Å². The number of rotatable bonds is 12. The molecular formula is C31H38N4O5. The van der Waals surface area contributed by atoms with Crippen molar-refractivity contribution >= 4 is 17.8 Å². The minimum atomic E-state index is -1.06. The van der Waals surface area contributed by atoms with Gasteiger partial charge in [-0.15, -0.1) is 0 Å². The molecule has 2 N–H and O–H groups in total. The highest BCUT2D eigenvalue weighted by Gasteiger charge is 2.26. The van der Waals surface area contributed by atoms with Gasteiger partial charge >= 0.3 is 5.97 Å². The maximum atomic E-state index is 12.7. The van der Waals surface area contributed by atoms with Crippen LogP contribution in [-0.4, -0.2) is 63.3 Å². The molecule has 1 atom stereocenters. The van der Waals surface area contributed by atoms with Crippen LogP contribution in [0.25, 0.3) is 11.1 Å². The van der Waals surface area contributed by atoms with Crippen molar-refractivity contribution in [2.45, 2.75) is 51.5 Å². The number of carboxylic acids is 1. The van der Waals surface area contributed by atoms with E-state index in [9.17, 15) is 19.5 Å². The van der Waals surface area contributed by atoms with Gasteiger partial charge in [-0.3, -0.25) is 14.3 Å². The van der Waals surface area contributed by atoms with E-state index < -0.39 is 12.0 Å². The molecule has 1 aliphatic heterocycles. The molecule has 2 amide bonds. The Kier molecular flexibility index (Phi) is 9.94. The van der Waals surface area contributed by atoms with Gasteiger partial charge in [-0.1, -0.05) is 36.4 Å².